The standard InChI is InChI=1S/C12H23N3S/c1-4-13-11(2)7-5-6-10-16-12-14-8-9-15(12)3/h8-9,11,13H,4-7,10H2,1-3H3. The largest absolute Gasteiger partial charge is 0.329 e. The second-order valence-corrected chi connectivity index (χ2v) is 5.19. The molecule has 1 atom stereocenters. The minimum Gasteiger partial charge on any atom is -0.329 e. The molecular weight excluding hydrogens is 218 g/mol. The van der Waals surface area contributed by atoms with Crippen molar-refractivity contribution in [1.82, 2.24) is 14.9 Å². The van der Waals surface area contributed by atoms with Crippen molar-refractivity contribution in [2.75, 3.05) is 12.3 Å². The van der Waals surface area contributed by atoms with E-state index in [1.165, 1.54) is 25.0 Å². The van der Waals surface area contributed by atoms with Crippen LogP contribution in [0, 0.1) is 0 Å². The molecular formula is C12H23N3S. The van der Waals surface area contributed by atoms with E-state index in [1.54, 1.807) is 0 Å². The van der Waals surface area contributed by atoms with Gasteiger partial charge >= 0.3 is 0 Å². The molecule has 92 valence electrons. The molecule has 1 unspecified atom stereocenters. The van der Waals surface area contributed by atoms with Gasteiger partial charge in [-0.05, 0) is 26.3 Å². The van der Waals surface area contributed by atoms with Gasteiger partial charge in [-0.1, -0.05) is 25.1 Å². The van der Waals surface area contributed by atoms with Crippen LogP contribution in [0.5, 0.6) is 0 Å². The number of nitrogens with zero attached hydrogens (tertiary/aromatic N) is 2. The fourth-order valence-electron chi connectivity index (χ4n) is 1.66. The number of hydrogen-bond acceptors (Lipinski definition) is 3. The molecule has 1 heterocycles. The van der Waals surface area contributed by atoms with Crippen LogP contribution in [0.4, 0.5) is 0 Å². The molecule has 0 amide bonds. The molecule has 0 aliphatic rings. The molecule has 3 nitrogen and oxygen atoms in total. The van der Waals surface area contributed by atoms with E-state index in [9.17, 15) is 0 Å². The van der Waals surface area contributed by atoms with E-state index >= 15 is 0 Å². The molecule has 0 saturated heterocycles. The molecule has 0 aliphatic carbocycles. The van der Waals surface area contributed by atoms with Crippen molar-refractivity contribution in [1.29, 1.82) is 0 Å². The van der Waals surface area contributed by atoms with Crippen LogP contribution in [0.25, 0.3) is 0 Å². The van der Waals surface area contributed by atoms with Crippen LogP contribution in [0.2, 0.25) is 0 Å². The van der Waals surface area contributed by atoms with Gasteiger partial charge in [-0.25, -0.2) is 4.98 Å². The van der Waals surface area contributed by atoms with Gasteiger partial charge in [0.25, 0.3) is 0 Å². The van der Waals surface area contributed by atoms with Crippen LogP contribution in [0.3, 0.4) is 0 Å². The first kappa shape index (κ1) is 13.6. The van der Waals surface area contributed by atoms with Gasteiger partial charge in [0.05, 0.1) is 0 Å². The zero-order valence-electron chi connectivity index (χ0n) is 10.6. The van der Waals surface area contributed by atoms with E-state index in [-0.39, 0.29) is 0 Å². The van der Waals surface area contributed by atoms with Crippen molar-refractivity contribution in [3.8, 4) is 0 Å². The summed E-state index contributed by atoms with van der Waals surface area (Å²) in [6.07, 6.45) is 7.69. The molecule has 1 aromatic heterocycles. The van der Waals surface area contributed by atoms with Gasteiger partial charge in [0.15, 0.2) is 5.16 Å². The van der Waals surface area contributed by atoms with E-state index in [0.717, 1.165) is 11.7 Å². The number of thioether (sulfide) groups is 1. The highest BCUT2D eigenvalue weighted by atomic mass is 32.2. The molecule has 1 rings (SSSR count). The first-order chi connectivity index (χ1) is 7.74. The van der Waals surface area contributed by atoms with Gasteiger partial charge in [0.2, 0.25) is 0 Å². The lowest BCUT2D eigenvalue weighted by molar-refractivity contribution is 0.510. The van der Waals surface area contributed by atoms with Crippen LogP contribution in [-0.4, -0.2) is 27.9 Å². The molecule has 16 heavy (non-hydrogen) atoms. The summed E-state index contributed by atoms with van der Waals surface area (Å²) in [6.45, 7) is 5.49. The predicted octanol–water partition coefficient (Wildman–Crippen LogP) is 2.68. The lowest BCUT2D eigenvalue weighted by Crippen LogP contribution is -2.25. The van der Waals surface area contributed by atoms with Crippen molar-refractivity contribution in [3.63, 3.8) is 0 Å². The zero-order chi connectivity index (χ0) is 11.8. The van der Waals surface area contributed by atoms with Gasteiger partial charge in [-0.2, -0.15) is 0 Å². The Hall–Kier alpha value is -0.480. The molecule has 4 heteroatoms. The zero-order valence-corrected chi connectivity index (χ0v) is 11.4. The molecule has 0 aromatic carbocycles. The van der Waals surface area contributed by atoms with E-state index < -0.39 is 0 Å². The Bertz CT molecular complexity index is 286. The lowest BCUT2D eigenvalue weighted by atomic mass is 10.1. The van der Waals surface area contributed by atoms with Crippen LogP contribution in [-0.2, 0) is 7.05 Å². The van der Waals surface area contributed by atoms with Gasteiger partial charge in [0.1, 0.15) is 0 Å². The molecule has 1 N–H and O–H groups in total. The fraction of sp³-hybridized carbons (Fsp3) is 0.750. The summed E-state index contributed by atoms with van der Waals surface area (Å²) >= 11 is 1.85. The summed E-state index contributed by atoms with van der Waals surface area (Å²) in [6, 6.07) is 0.656. The summed E-state index contributed by atoms with van der Waals surface area (Å²) < 4.78 is 2.08. The lowest BCUT2D eigenvalue weighted by Gasteiger charge is -2.11. The van der Waals surface area contributed by atoms with E-state index in [1.807, 2.05) is 31.2 Å². The van der Waals surface area contributed by atoms with E-state index in [0.29, 0.717) is 6.04 Å². The Morgan fingerprint density at radius 1 is 1.50 bits per heavy atom. The highest BCUT2D eigenvalue weighted by Gasteiger charge is 2.01. The smallest absolute Gasteiger partial charge is 0.167 e. The first-order valence-electron chi connectivity index (χ1n) is 6.07. The number of imidazole rings is 1. The van der Waals surface area contributed by atoms with Gasteiger partial charge < -0.3 is 9.88 Å². The van der Waals surface area contributed by atoms with E-state index in [2.05, 4.69) is 28.7 Å². The van der Waals surface area contributed by atoms with Crippen molar-refractivity contribution < 1.29 is 0 Å². The third-order valence-electron chi connectivity index (χ3n) is 2.59. The molecule has 0 bridgehead atoms. The molecule has 0 radical (unpaired) electrons. The average Bonchev–Trinajstić information content (AvgIpc) is 2.64. The summed E-state index contributed by atoms with van der Waals surface area (Å²) in [7, 11) is 2.04. The number of rotatable bonds is 8. The maximum absolute atomic E-state index is 4.29. The number of unbranched alkanes of at least 4 members (excludes halogenated alkanes) is 1. The second kappa shape index (κ2) is 7.74. The predicted molar refractivity (Wildman–Crippen MR) is 70.9 cm³/mol. The Morgan fingerprint density at radius 2 is 2.31 bits per heavy atom. The third-order valence-corrected chi connectivity index (χ3v) is 3.74. The Morgan fingerprint density at radius 3 is 2.94 bits per heavy atom. The number of aryl methyl sites for hydroxylation is 1. The fourth-order valence-corrected chi connectivity index (χ4v) is 2.59. The molecule has 0 spiro atoms. The Labute approximate surface area is 103 Å². The van der Waals surface area contributed by atoms with Crippen molar-refractivity contribution in [3.05, 3.63) is 12.4 Å². The molecule has 0 fully saturated rings. The van der Waals surface area contributed by atoms with E-state index in [4.69, 9.17) is 0 Å². The van der Waals surface area contributed by atoms with Crippen molar-refractivity contribution in [2.24, 2.45) is 7.05 Å². The van der Waals surface area contributed by atoms with Crippen LogP contribution < -0.4 is 5.32 Å². The van der Waals surface area contributed by atoms with Gasteiger partial charge in [-0.3, -0.25) is 0 Å². The molecule has 0 aliphatic heterocycles. The van der Waals surface area contributed by atoms with Gasteiger partial charge in [0, 0.05) is 31.2 Å². The average molecular weight is 241 g/mol. The minimum absolute atomic E-state index is 0.656. The number of aromatic nitrogens is 2. The Balaban J connectivity index is 2.02. The maximum Gasteiger partial charge on any atom is 0.167 e. The van der Waals surface area contributed by atoms with Crippen molar-refractivity contribution in [2.45, 2.75) is 44.3 Å². The third kappa shape index (κ3) is 5.03. The van der Waals surface area contributed by atoms with Crippen LogP contribution >= 0.6 is 11.8 Å². The normalized spacial score (nSPS) is 12.9. The summed E-state index contributed by atoms with van der Waals surface area (Å²) in [4.78, 5) is 4.29. The van der Waals surface area contributed by atoms with Crippen LogP contribution in [0.15, 0.2) is 17.6 Å². The molecule has 1 aromatic rings. The second-order valence-electron chi connectivity index (χ2n) is 4.12. The number of nitrogens with one attached hydrogen (secondary N) is 1. The summed E-state index contributed by atoms with van der Waals surface area (Å²) in [5.41, 5.74) is 0. The first-order valence-corrected chi connectivity index (χ1v) is 7.06. The monoisotopic (exact) mass is 241 g/mol. The maximum atomic E-state index is 4.29. The summed E-state index contributed by atoms with van der Waals surface area (Å²) in [5.74, 6) is 1.17. The van der Waals surface area contributed by atoms with Crippen molar-refractivity contribution >= 4 is 11.8 Å². The highest BCUT2D eigenvalue weighted by Crippen LogP contribution is 2.16. The SMILES string of the molecule is CCNC(C)CCCCSc1nccn1C. The summed E-state index contributed by atoms with van der Waals surface area (Å²) in [5, 5.41) is 4.56. The number of hydrogen-bond donors (Lipinski definition) is 1. The molecule has 0 saturated carbocycles. The van der Waals surface area contributed by atoms with Gasteiger partial charge in [-0.15, -0.1) is 0 Å². The quantitative estimate of drug-likeness (QED) is 0.560. The highest BCUT2D eigenvalue weighted by molar-refractivity contribution is 7.99. The Kier molecular flexibility index (Phi) is 6.57. The van der Waals surface area contributed by atoms with Crippen LogP contribution in [0.1, 0.15) is 33.1 Å². The topological polar surface area (TPSA) is 29.9 Å². The minimum atomic E-state index is 0.656.